The lowest BCUT2D eigenvalue weighted by Gasteiger charge is -2.15. The lowest BCUT2D eigenvalue weighted by molar-refractivity contribution is 0.0788. The molecule has 1 aromatic carbocycles. The minimum atomic E-state index is -0.0438. The number of benzene rings is 1. The number of thiophene rings is 1. The van der Waals surface area contributed by atoms with Gasteiger partial charge < -0.3 is 4.90 Å². The van der Waals surface area contributed by atoms with Crippen LogP contribution in [-0.2, 0) is 6.42 Å². The van der Waals surface area contributed by atoms with Gasteiger partial charge in [0.2, 0.25) is 0 Å². The van der Waals surface area contributed by atoms with Gasteiger partial charge in [0.05, 0.1) is 10.6 Å². The predicted octanol–water partition coefficient (Wildman–Crippen LogP) is 5.73. The first-order valence-corrected chi connectivity index (χ1v) is 11.7. The number of thiazole rings is 1. The molecule has 3 aromatic heterocycles. The summed E-state index contributed by atoms with van der Waals surface area (Å²) in [6.07, 6.45) is 1.69. The summed E-state index contributed by atoms with van der Waals surface area (Å²) in [5, 5.41) is 12.2. The number of hydrogen-bond donors (Lipinski definition) is 1. The van der Waals surface area contributed by atoms with Crippen molar-refractivity contribution in [3.63, 3.8) is 0 Å². The van der Waals surface area contributed by atoms with Gasteiger partial charge in [0.25, 0.3) is 5.91 Å². The van der Waals surface area contributed by atoms with E-state index in [0.29, 0.717) is 12.2 Å². The van der Waals surface area contributed by atoms with Crippen molar-refractivity contribution in [1.29, 1.82) is 0 Å². The molecule has 0 spiro atoms. The van der Waals surface area contributed by atoms with Gasteiger partial charge in [-0.3, -0.25) is 9.89 Å². The largest absolute Gasteiger partial charge is 0.340 e. The molecule has 8 heteroatoms. The molecule has 4 aromatic rings. The molecule has 0 fully saturated rings. The van der Waals surface area contributed by atoms with E-state index in [0.717, 1.165) is 44.2 Å². The van der Waals surface area contributed by atoms with E-state index >= 15 is 0 Å². The topological polar surface area (TPSA) is 61.9 Å². The Kier molecular flexibility index (Phi) is 6.22. The summed E-state index contributed by atoms with van der Waals surface area (Å²) in [4.78, 5) is 20.0. The maximum Gasteiger partial charge on any atom is 0.273 e. The fourth-order valence-electron chi connectivity index (χ4n) is 2.96. The molecule has 0 aliphatic rings. The zero-order chi connectivity index (χ0) is 20.2. The average molecular weight is 487 g/mol. The summed E-state index contributed by atoms with van der Waals surface area (Å²) in [6, 6.07) is 14.2. The Labute approximate surface area is 185 Å². The van der Waals surface area contributed by atoms with Crippen LogP contribution < -0.4 is 0 Å². The molecule has 0 radical (unpaired) electrons. The number of carbonyl (C=O) groups is 1. The fourth-order valence-corrected chi connectivity index (χ4v) is 5.26. The number of nitrogens with zero attached hydrogens (tertiary/aromatic N) is 3. The first-order chi connectivity index (χ1) is 14.1. The van der Waals surface area contributed by atoms with Crippen LogP contribution in [0.1, 0.15) is 22.6 Å². The van der Waals surface area contributed by atoms with E-state index in [1.165, 1.54) is 11.3 Å². The molecule has 0 atom stereocenters. The quantitative estimate of drug-likeness (QED) is 0.362. The van der Waals surface area contributed by atoms with Gasteiger partial charge in [-0.1, -0.05) is 30.3 Å². The van der Waals surface area contributed by atoms with Gasteiger partial charge in [0.15, 0.2) is 0 Å². The van der Waals surface area contributed by atoms with Gasteiger partial charge in [-0.25, -0.2) is 4.98 Å². The van der Waals surface area contributed by atoms with Gasteiger partial charge in [-0.05, 0) is 40.9 Å². The van der Waals surface area contributed by atoms with Crippen LogP contribution in [0.5, 0.6) is 0 Å². The number of amides is 1. The highest BCUT2D eigenvalue weighted by molar-refractivity contribution is 9.10. The highest BCUT2D eigenvalue weighted by atomic mass is 79.9. The third-order valence-corrected chi connectivity index (χ3v) is 7.19. The van der Waals surface area contributed by atoms with E-state index in [2.05, 4.69) is 37.2 Å². The van der Waals surface area contributed by atoms with Crippen LogP contribution in [0.4, 0.5) is 0 Å². The summed E-state index contributed by atoms with van der Waals surface area (Å²) in [7, 11) is 1.82. The van der Waals surface area contributed by atoms with Crippen molar-refractivity contribution in [3.05, 3.63) is 69.1 Å². The Bertz CT molecular complexity index is 1100. The first kappa shape index (κ1) is 20.0. The first-order valence-electron chi connectivity index (χ1n) is 9.15. The third kappa shape index (κ3) is 4.83. The Morgan fingerprint density at radius 2 is 2.00 bits per heavy atom. The van der Waals surface area contributed by atoms with E-state index < -0.39 is 0 Å². The number of aromatic amines is 1. The molecule has 1 amide bonds. The normalized spacial score (nSPS) is 11.0. The van der Waals surface area contributed by atoms with E-state index in [-0.39, 0.29) is 5.91 Å². The second-order valence-corrected chi connectivity index (χ2v) is 9.33. The fraction of sp³-hybridized carbons (Fsp3) is 0.190. The second-order valence-electron chi connectivity index (χ2n) is 6.64. The summed E-state index contributed by atoms with van der Waals surface area (Å²) >= 11 is 6.57. The van der Waals surface area contributed by atoms with Crippen molar-refractivity contribution >= 4 is 44.5 Å². The van der Waals surface area contributed by atoms with Gasteiger partial charge >= 0.3 is 0 Å². The minimum absolute atomic E-state index is 0.0438. The van der Waals surface area contributed by atoms with Crippen molar-refractivity contribution in [3.8, 4) is 21.1 Å². The Hall–Kier alpha value is -2.29. The van der Waals surface area contributed by atoms with Crippen LogP contribution in [0.2, 0.25) is 0 Å². The van der Waals surface area contributed by atoms with Crippen molar-refractivity contribution in [2.75, 3.05) is 13.6 Å². The smallest absolute Gasteiger partial charge is 0.273 e. The molecule has 0 saturated heterocycles. The maximum absolute atomic E-state index is 12.7. The van der Waals surface area contributed by atoms with Crippen LogP contribution in [0.15, 0.2) is 57.7 Å². The van der Waals surface area contributed by atoms with Crippen molar-refractivity contribution in [1.82, 2.24) is 20.1 Å². The van der Waals surface area contributed by atoms with Crippen molar-refractivity contribution < 1.29 is 4.79 Å². The molecule has 0 aliphatic heterocycles. The van der Waals surface area contributed by atoms with Gasteiger partial charge in [0, 0.05) is 40.1 Å². The molecule has 5 nitrogen and oxygen atoms in total. The molecular formula is C21H19BrN4OS2. The number of nitrogens with one attached hydrogen (secondary N) is 1. The van der Waals surface area contributed by atoms with E-state index in [4.69, 9.17) is 0 Å². The molecule has 148 valence electrons. The molecule has 0 bridgehead atoms. The zero-order valence-electron chi connectivity index (χ0n) is 15.8. The summed E-state index contributed by atoms with van der Waals surface area (Å²) < 4.78 is 1.03. The van der Waals surface area contributed by atoms with Crippen LogP contribution >= 0.6 is 38.6 Å². The van der Waals surface area contributed by atoms with Crippen molar-refractivity contribution in [2.24, 2.45) is 0 Å². The molecule has 4 rings (SSSR count). The van der Waals surface area contributed by atoms with E-state index in [1.54, 1.807) is 16.2 Å². The van der Waals surface area contributed by atoms with Gasteiger partial charge in [-0.2, -0.15) is 5.10 Å². The number of carbonyl (C=O) groups excluding carboxylic acids is 1. The predicted molar refractivity (Wildman–Crippen MR) is 122 cm³/mol. The number of H-pyrrole nitrogens is 1. The standard InChI is InChI=1S/C21H19BrN4OS2/c1-26(21(27)18-13-29-20(23-18)19-10-15(22)12-28-19)9-5-8-16-11-17(25-24-16)14-6-3-2-4-7-14/h2-4,6-7,10-13H,5,8-9H2,1H3,(H,24,25). The maximum atomic E-state index is 12.7. The van der Waals surface area contributed by atoms with Gasteiger partial charge in [-0.15, -0.1) is 22.7 Å². The number of halogens is 1. The molecule has 3 heterocycles. The SMILES string of the molecule is CN(CCCc1cc(-c2ccccc2)n[nH]1)C(=O)c1csc(-c2cc(Br)cs2)n1. The Balaban J connectivity index is 1.31. The lowest BCUT2D eigenvalue weighted by Crippen LogP contribution is -2.28. The summed E-state index contributed by atoms with van der Waals surface area (Å²) in [5.74, 6) is -0.0438. The number of hydrogen-bond acceptors (Lipinski definition) is 5. The lowest BCUT2D eigenvalue weighted by atomic mass is 10.1. The average Bonchev–Trinajstić information content (AvgIpc) is 3.48. The zero-order valence-corrected chi connectivity index (χ0v) is 19.0. The molecule has 0 unspecified atom stereocenters. The van der Waals surface area contributed by atoms with Crippen LogP contribution in [0.25, 0.3) is 21.1 Å². The van der Waals surface area contributed by atoms with Crippen LogP contribution in [0.3, 0.4) is 0 Å². The molecule has 1 N–H and O–H groups in total. The number of aromatic nitrogens is 3. The van der Waals surface area contributed by atoms with E-state index in [1.807, 2.05) is 54.2 Å². The number of aryl methyl sites for hydroxylation is 1. The summed E-state index contributed by atoms with van der Waals surface area (Å²) in [6.45, 7) is 0.663. The van der Waals surface area contributed by atoms with E-state index in [9.17, 15) is 4.79 Å². The summed E-state index contributed by atoms with van der Waals surface area (Å²) in [5.41, 5.74) is 3.62. The minimum Gasteiger partial charge on any atom is -0.340 e. The Morgan fingerprint density at radius 1 is 1.17 bits per heavy atom. The van der Waals surface area contributed by atoms with Gasteiger partial charge in [0.1, 0.15) is 10.7 Å². The number of rotatable bonds is 7. The second kappa shape index (κ2) is 9.02. The monoisotopic (exact) mass is 486 g/mol. The molecule has 0 aliphatic carbocycles. The highest BCUT2D eigenvalue weighted by Crippen LogP contribution is 2.32. The van der Waals surface area contributed by atoms with Crippen LogP contribution in [0, 0.1) is 0 Å². The van der Waals surface area contributed by atoms with Crippen LogP contribution in [-0.4, -0.2) is 39.6 Å². The molecular weight excluding hydrogens is 468 g/mol. The molecule has 29 heavy (non-hydrogen) atoms. The third-order valence-electron chi connectivity index (χ3n) is 4.49. The highest BCUT2D eigenvalue weighted by Gasteiger charge is 2.17. The molecule has 0 saturated carbocycles. The van der Waals surface area contributed by atoms with Crippen molar-refractivity contribution in [2.45, 2.75) is 12.8 Å². The Morgan fingerprint density at radius 3 is 2.76 bits per heavy atom.